The van der Waals surface area contributed by atoms with E-state index < -0.39 is 5.79 Å². The molecule has 1 amide bonds. The van der Waals surface area contributed by atoms with E-state index in [0.29, 0.717) is 25.2 Å². The van der Waals surface area contributed by atoms with Crippen molar-refractivity contribution in [1.29, 1.82) is 0 Å². The fraction of sp³-hybridized carbons (Fsp3) is 0.667. The zero-order valence-electron chi connectivity index (χ0n) is 16.0. The molecule has 2 saturated heterocycles. The van der Waals surface area contributed by atoms with E-state index in [2.05, 4.69) is 29.4 Å². The fourth-order valence-electron chi connectivity index (χ4n) is 4.54. The lowest BCUT2D eigenvalue weighted by molar-refractivity contribution is -0.180. The Balaban J connectivity index is 1.45. The van der Waals surface area contributed by atoms with Crippen LogP contribution in [0.5, 0.6) is 0 Å². The molecule has 3 fully saturated rings. The van der Waals surface area contributed by atoms with Crippen LogP contribution >= 0.6 is 11.9 Å². The number of hydrogen-bond acceptors (Lipinski definition) is 5. The van der Waals surface area contributed by atoms with E-state index in [1.54, 1.807) is 0 Å². The van der Waals surface area contributed by atoms with Gasteiger partial charge in [0, 0.05) is 29.6 Å². The highest BCUT2D eigenvalue weighted by Gasteiger charge is 2.56. The molecule has 4 aliphatic rings. The standard InChI is InChI=1S/C21H28N2O3S/c1-2-16-5-3-4-10-23(16)27-17-8-9-19-18(13-17)21(25-11-12-26-21)20(24)22(19)14-15-6-7-15/h8-9,13,15-16H,2-7,10-12,14H2,1H3. The molecule has 27 heavy (non-hydrogen) atoms. The lowest BCUT2D eigenvalue weighted by atomic mass is 10.0. The quantitative estimate of drug-likeness (QED) is 0.716. The molecule has 1 atom stereocenters. The van der Waals surface area contributed by atoms with Gasteiger partial charge in [-0.15, -0.1) is 0 Å². The second-order valence-corrected chi connectivity index (χ2v) is 9.26. The van der Waals surface area contributed by atoms with Crippen molar-refractivity contribution in [3.8, 4) is 0 Å². The summed E-state index contributed by atoms with van der Waals surface area (Å²) >= 11 is 1.83. The second-order valence-electron chi connectivity index (χ2n) is 8.14. The predicted octanol–water partition coefficient (Wildman–Crippen LogP) is 3.91. The van der Waals surface area contributed by atoms with Gasteiger partial charge in [-0.05, 0) is 68.2 Å². The molecule has 1 aromatic carbocycles. The Morgan fingerprint density at radius 2 is 2.00 bits per heavy atom. The van der Waals surface area contributed by atoms with Crippen LogP contribution in [0, 0.1) is 5.92 Å². The van der Waals surface area contributed by atoms with Crippen molar-refractivity contribution in [3.63, 3.8) is 0 Å². The largest absolute Gasteiger partial charge is 0.336 e. The predicted molar refractivity (Wildman–Crippen MR) is 106 cm³/mol. The summed E-state index contributed by atoms with van der Waals surface area (Å²) in [5.41, 5.74) is 1.88. The van der Waals surface area contributed by atoms with Gasteiger partial charge in [-0.25, -0.2) is 4.31 Å². The van der Waals surface area contributed by atoms with Gasteiger partial charge in [0.2, 0.25) is 0 Å². The molecule has 3 heterocycles. The number of anilines is 1. The molecule has 3 aliphatic heterocycles. The Bertz CT molecular complexity index is 730. The molecular formula is C21H28N2O3S. The van der Waals surface area contributed by atoms with Crippen LogP contribution in [0.3, 0.4) is 0 Å². The number of piperidine rings is 1. The maximum absolute atomic E-state index is 13.2. The number of fused-ring (bicyclic) bond motifs is 2. The molecule has 0 bridgehead atoms. The van der Waals surface area contributed by atoms with Gasteiger partial charge in [0.05, 0.1) is 18.9 Å². The summed E-state index contributed by atoms with van der Waals surface area (Å²) in [5, 5.41) is 0. The van der Waals surface area contributed by atoms with E-state index >= 15 is 0 Å². The van der Waals surface area contributed by atoms with Crippen molar-refractivity contribution < 1.29 is 14.3 Å². The number of carbonyl (C=O) groups is 1. The van der Waals surface area contributed by atoms with Crippen LogP contribution in [-0.4, -0.2) is 42.6 Å². The molecule has 1 unspecified atom stereocenters. The van der Waals surface area contributed by atoms with Crippen LogP contribution in [-0.2, 0) is 20.1 Å². The molecule has 1 aliphatic carbocycles. The molecule has 0 radical (unpaired) electrons. The monoisotopic (exact) mass is 388 g/mol. The van der Waals surface area contributed by atoms with Gasteiger partial charge in [-0.3, -0.25) is 4.79 Å². The number of rotatable bonds is 5. The van der Waals surface area contributed by atoms with Crippen LogP contribution in [0.1, 0.15) is 51.0 Å². The SMILES string of the molecule is CCC1CCCCN1Sc1ccc2c(c1)C1(OCCO1)C(=O)N2CC1CC1. The van der Waals surface area contributed by atoms with Crippen molar-refractivity contribution in [1.82, 2.24) is 4.31 Å². The minimum absolute atomic E-state index is 0.0338. The molecule has 0 aromatic heterocycles. The van der Waals surface area contributed by atoms with E-state index in [4.69, 9.17) is 9.47 Å². The summed E-state index contributed by atoms with van der Waals surface area (Å²) < 4.78 is 14.4. The normalized spacial score (nSPS) is 27.5. The Kier molecular flexibility index (Phi) is 4.71. The summed E-state index contributed by atoms with van der Waals surface area (Å²) in [6.45, 7) is 5.14. The van der Waals surface area contributed by atoms with Crippen molar-refractivity contribution in [3.05, 3.63) is 23.8 Å². The Morgan fingerprint density at radius 1 is 1.19 bits per heavy atom. The van der Waals surface area contributed by atoms with Crippen molar-refractivity contribution in [2.75, 3.05) is 31.2 Å². The molecule has 1 saturated carbocycles. The third-order valence-corrected chi connectivity index (χ3v) is 7.42. The van der Waals surface area contributed by atoms with Crippen LogP contribution < -0.4 is 4.90 Å². The van der Waals surface area contributed by atoms with Crippen LogP contribution in [0.15, 0.2) is 23.1 Å². The van der Waals surface area contributed by atoms with E-state index in [-0.39, 0.29) is 5.91 Å². The molecular weight excluding hydrogens is 360 g/mol. The minimum Gasteiger partial charge on any atom is -0.336 e. The van der Waals surface area contributed by atoms with Gasteiger partial charge >= 0.3 is 0 Å². The number of amides is 1. The summed E-state index contributed by atoms with van der Waals surface area (Å²) in [7, 11) is 0. The van der Waals surface area contributed by atoms with Gasteiger partial charge in [-0.1, -0.05) is 13.3 Å². The first-order valence-corrected chi connectivity index (χ1v) is 11.2. The Hall–Kier alpha value is -1.08. The number of ether oxygens (including phenoxy) is 2. The van der Waals surface area contributed by atoms with Gasteiger partial charge in [0.1, 0.15) is 0 Å². The zero-order valence-corrected chi connectivity index (χ0v) is 16.8. The van der Waals surface area contributed by atoms with E-state index in [1.807, 2.05) is 16.8 Å². The van der Waals surface area contributed by atoms with Gasteiger partial charge in [-0.2, -0.15) is 0 Å². The van der Waals surface area contributed by atoms with E-state index in [0.717, 1.165) is 24.3 Å². The highest BCUT2D eigenvalue weighted by molar-refractivity contribution is 7.97. The summed E-state index contributed by atoms with van der Waals surface area (Å²) in [6.07, 6.45) is 7.48. The molecule has 146 valence electrons. The third kappa shape index (κ3) is 3.11. The molecule has 1 aromatic rings. The average molecular weight is 389 g/mol. The molecule has 0 N–H and O–H groups in total. The highest BCUT2D eigenvalue weighted by atomic mass is 32.2. The first-order chi connectivity index (χ1) is 13.2. The average Bonchev–Trinajstić information content (AvgIpc) is 3.33. The molecule has 5 nitrogen and oxygen atoms in total. The first kappa shape index (κ1) is 18.0. The summed E-state index contributed by atoms with van der Waals surface area (Å²) in [6, 6.07) is 7.03. The van der Waals surface area contributed by atoms with E-state index in [9.17, 15) is 4.79 Å². The van der Waals surface area contributed by atoms with Crippen molar-refractivity contribution in [2.45, 2.75) is 62.2 Å². The maximum atomic E-state index is 13.2. The van der Waals surface area contributed by atoms with Gasteiger partial charge in [0.15, 0.2) is 0 Å². The molecule has 5 rings (SSSR count). The highest BCUT2D eigenvalue weighted by Crippen LogP contribution is 2.48. The molecule has 6 heteroatoms. The zero-order chi connectivity index (χ0) is 18.4. The van der Waals surface area contributed by atoms with Crippen LogP contribution in [0.4, 0.5) is 5.69 Å². The lowest BCUT2D eigenvalue weighted by Crippen LogP contribution is -2.42. The van der Waals surface area contributed by atoms with Crippen molar-refractivity contribution in [2.24, 2.45) is 5.92 Å². The van der Waals surface area contributed by atoms with Gasteiger partial charge in [0.25, 0.3) is 11.7 Å². The van der Waals surface area contributed by atoms with E-state index in [1.165, 1.54) is 43.4 Å². The molecule has 1 spiro atoms. The maximum Gasteiger partial charge on any atom is 0.292 e. The number of carbonyl (C=O) groups excluding carboxylic acids is 1. The third-order valence-electron chi connectivity index (χ3n) is 6.24. The van der Waals surface area contributed by atoms with Crippen LogP contribution in [0.25, 0.3) is 0 Å². The fourth-order valence-corrected chi connectivity index (χ4v) is 5.74. The Morgan fingerprint density at radius 3 is 2.74 bits per heavy atom. The topological polar surface area (TPSA) is 42.0 Å². The van der Waals surface area contributed by atoms with Gasteiger partial charge < -0.3 is 14.4 Å². The van der Waals surface area contributed by atoms with Crippen LogP contribution in [0.2, 0.25) is 0 Å². The number of benzene rings is 1. The Labute approximate surface area is 165 Å². The first-order valence-electron chi connectivity index (χ1n) is 10.4. The second kappa shape index (κ2) is 7.07. The summed E-state index contributed by atoms with van der Waals surface area (Å²) in [5.74, 6) is -0.605. The lowest BCUT2D eigenvalue weighted by Gasteiger charge is -2.34. The summed E-state index contributed by atoms with van der Waals surface area (Å²) in [4.78, 5) is 16.3. The minimum atomic E-state index is -1.20. The number of hydrogen-bond donors (Lipinski definition) is 0. The smallest absolute Gasteiger partial charge is 0.292 e. The number of nitrogens with zero attached hydrogens (tertiary/aromatic N) is 2. The van der Waals surface area contributed by atoms with Crippen molar-refractivity contribution >= 4 is 23.5 Å².